The number of carbonyl (C=O) groups excluding carboxylic acids is 1. The third-order valence-electron chi connectivity index (χ3n) is 4.69. The van der Waals surface area contributed by atoms with Crippen LogP contribution in [0.15, 0.2) is 22.9 Å². The highest BCUT2D eigenvalue weighted by Gasteiger charge is 2.33. The van der Waals surface area contributed by atoms with Crippen molar-refractivity contribution in [2.45, 2.75) is 45.7 Å². The van der Waals surface area contributed by atoms with Crippen LogP contribution < -0.4 is 5.32 Å². The predicted molar refractivity (Wildman–Crippen MR) is 89.2 cm³/mol. The number of nitrogens with zero attached hydrogens (tertiary/aromatic N) is 4. The van der Waals surface area contributed by atoms with Gasteiger partial charge in [-0.3, -0.25) is 0 Å². The molecule has 1 fully saturated rings. The molecule has 24 heavy (non-hydrogen) atoms. The molecule has 1 saturated heterocycles. The molecule has 2 aromatic rings. The summed E-state index contributed by atoms with van der Waals surface area (Å²) in [7, 11) is 1.87. The van der Waals surface area contributed by atoms with Crippen LogP contribution in [-0.2, 0) is 7.05 Å². The number of urea groups is 1. The Hall–Kier alpha value is -2.31. The van der Waals surface area contributed by atoms with E-state index in [2.05, 4.69) is 22.4 Å². The molecule has 0 bridgehead atoms. The maximum Gasteiger partial charge on any atom is 0.318 e. The number of aryl methyl sites for hydroxylation is 2. The van der Waals surface area contributed by atoms with E-state index in [1.165, 1.54) is 0 Å². The maximum atomic E-state index is 12.8. The molecule has 0 spiro atoms. The average Bonchev–Trinajstić information content (AvgIpc) is 3.15. The Morgan fingerprint density at radius 3 is 2.88 bits per heavy atom. The van der Waals surface area contributed by atoms with Gasteiger partial charge in [-0.15, -0.1) is 10.2 Å². The van der Waals surface area contributed by atoms with Gasteiger partial charge in [-0.25, -0.2) is 4.79 Å². The highest BCUT2D eigenvalue weighted by Crippen LogP contribution is 2.35. The van der Waals surface area contributed by atoms with E-state index in [9.17, 15) is 4.79 Å². The molecule has 0 aromatic carbocycles. The SMILES string of the molecule is Cc1ccc([C@@H]2C[C@H](C)CCN2C(=O)N[C@@H](C)c2nncn2C)o1. The zero-order valence-electron chi connectivity index (χ0n) is 14.7. The Bertz CT molecular complexity index is 707. The van der Waals surface area contributed by atoms with Gasteiger partial charge in [0.05, 0.1) is 12.1 Å². The summed E-state index contributed by atoms with van der Waals surface area (Å²) >= 11 is 0. The van der Waals surface area contributed by atoms with E-state index in [1.807, 2.05) is 42.5 Å². The Balaban J connectivity index is 1.75. The second kappa shape index (κ2) is 6.67. The molecule has 2 amide bonds. The van der Waals surface area contributed by atoms with Crippen molar-refractivity contribution < 1.29 is 9.21 Å². The van der Waals surface area contributed by atoms with Gasteiger partial charge in [0.2, 0.25) is 0 Å². The lowest BCUT2D eigenvalue weighted by Gasteiger charge is -2.37. The standard InChI is InChI=1S/C17H25N5O2/c1-11-7-8-22(14(9-11)15-6-5-12(2)24-15)17(23)19-13(3)16-20-18-10-21(16)4/h5-6,10-11,13-14H,7-9H2,1-4H3,(H,19,23)/t11-,13+,14+/m1/s1. The van der Waals surface area contributed by atoms with E-state index in [0.29, 0.717) is 5.92 Å². The van der Waals surface area contributed by atoms with Crippen LogP contribution in [0.5, 0.6) is 0 Å². The van der Waals surface area contributed by atoms with Crippen LogP contribution in [0.1, 0.15) is 56.1 Å². The summed E-state index contributed by atoms with van der Waals surface area (Å²) in [4.78, 5) is 14.7. The van der Waals surface area contributed by atoms with E-state index in [1.54, 1.807) is 6.33 Å². The fraction of sp³-hybridized carbons (Fsp3) is 0.588. The Morgan fingerprint density at radius 2 is 2.25 bits per heavy atom. The van der Waals surface area contributed by atoms with Crippen LogP contribution in [0.4, 0.5) is 4.79 Å². The topological polar surface area (TPSA) is 76.2 Å². The lowest BCUT2D eigenvalue weighted by atomic mass is 9.91. The molecule has 7 nitrogen and oxygen atoms in total. The van der Waals surface area contributed by atoms with Crippen LogP contribution in [-0.4, -0.2) is 32.2 Å². The van der Waals surface area contributed by atoms with Crippen molar-refractivity contribution in [3.05, 3.63) is 35.8 Å². The zero-order valence-corrected chi connectivity index (χ0v) is 14.7. The normalized spacial score (nSPS) is 22.4. The molecule has 1 N–H and O–H groups in total. The minimum absolute atomic E-state index is 0.0193. The van der Waals surface area contributed by atoms with Crippen LogP contribution in [0.3, 0.4) is 0 Å². The number of furan rings is 1. The van der Waals surface area contributed by atoms with Crippen LogP contribution in [0, 0.1) is 12.8 Å². The molecule has 1 aliphatic heterocycles. The molecule has 1 aliphatic rings. The Labute approximate surface area is 142 Å². The summed E-state index contributed by atoms with van der Waals surface area (Å²) in [5.74, 6) is 3.04. The molecular weight excluding hydrogens is 306 g/mol. The molecule has 130 valence electrons. The molecular formula is C17H25N5O2. The quantitative estimate of drug-likeness (QED) is 0.938. The molecule has 3 heterocycles. The van der Waals surface area contributed by atoms with Crippen molar-refractivity contribution in [2.75, 3.05) is 6.54 Å². The van der Waals surface area contributed by atoms with E-state index < -0.39 is 0 Å². The van der Waals surface area contributed by atoms with Gasteiger partial charge in [0.15, 0.2) is 5.82 Å². The molecule has 3 atom stereocenters. The summed E-state index contributed by atoms with van der Waals surface area (Å²) in [6.45, 7) is 6.79. The molecule has 7 heteroatoms. The average molecular weight is 331 g/mol. The van der Waals surface area contributed by atoms with Gasteiger partial charge in [0, 0.05) is 13.6 Å². The minimum atomic E-state index is -0.205. The highest BCUT2D eigenvalue weighted by molar-refractivity contribution is 5.75. The van der Waals surface area contributed by atoms with E-state index in [0.717, 1.165) is 36.7 Å². The number of likely N-dealkylation sites (tertiary alicyclic amines) is 1. The van der Waals surface area contributed by atoms with Gasteiger partial charge in [-0.1, -0.05) is 6.92 Å². The first-order valence-electron chi connectivity index (χ1n) is 8.43. The van der Waals surface area contributed by atoms with Crippen LogP contribution in [0.25, 0.3) is 0 Å². The largest absolute Gasteiger partial charge is 0.464 e. The Morgan fingerprint density at radius 1 is 1.46 bits per heavy atom. The number of aromatic nitrogens is 3. The number of rotatable bonds is 3. The molecule has 0 saturated carbocycles. The second-order valence-corrected chi connectivity index (χ2v) is 6.76. The number of hydrogen-bond acceptors (Lipinski definition) is 4. The summed E-state index contributed by atoms with van der Waals surface area (Å²) in [5.41, 5.74) is 0. The van der Waals surface area contributed by atoms with Crippen molar-refractivity contribution in [2.24, 2.45) is 13.0 Å². The lowest BCUT2D eigenvalue weighted by Crippen LogP contribution is -2.46. The summed E-state index contributed by atoms with van der Waals surface area (Å²) in [5, 5.41) is 11.0. The molecule has 0 aliphatic carbocycles. The summed E-state index contributed by atoms with van der Waals surface area (Å²) in [6.07, 6.45) is 3.55. The van der Waals surface area contributed by atoms with Gasteiger partial charge in [-0.2, -0.15) is 0 Å². The van der Waals surface area contributed by atoms with Crippen molar-refractivity contribution in [3.8, 4) is 0 Å². The first-order valence-corrected chi connectivity index (χ1v) is 8.43. The van der Waals surface area contributed by atoms with E-state index >= 15 is 0 Å². The van der Waals surface area contributed by atoms with Gasteiger partial charge in [0.1, 0.15) is 17.8 Å². The number of carbonyl (C=O) groups is 1. The third kappa shape index (κ3) is 3.29. The van der Waals surface area contributed by atoms with Gasteiger partial charge < -0.3 is 19.2 Å². The molecule has 0 unspecified atom stereocenters. The maximum absolute atomic E-state index is 12.8. The summed E-state index contributed by atoms with van der Waals surface area (Å²) < 4.78 is 7.62. The first kappa shape index (κ1) is 16.5. The van der Waals surface area contributed by atoms with E-state index in [-0.39, 0.29) is 18.1 Å². The lowest BCUT2D eigenvalue weighted by molar-refractivity contribution is 0.117. The minimum Gasteiger partial charge on any atom is -0.464 e. The van der Waals surface area contributed by atoms with Gasteiger partial charge >= 0.3 is 6.03 Å². The summed E-state index contributed by atoms with van der Waals surface area (Å²) in [6, 6.07) is 3.62. The number of piperidine rings is 1. The van der Waals surface area contributed by atoms with Crippen LogP contribution >= 0.6 is 0 Å². The van der Waals surface area contributed by atoms with Gasteiger partial charge in [-0.05, 0) is 44.7 Å². The monoisotopic (exact) mass is 331 g/mol. The fourth-order valence-corrected chi connectivity index (χ4v) is 3.30. The number of nitrogens with one attached hydrogen (secondary N) is 1. The fourth-order valence-electron chi connectivity index (χ4n) is 3.30. The van der Waals surface area contributed by atoms with Crippen molar-refractivity contribution >= 4 is 6.03 Å². The van der Waals surface area contributed by atoms with Gasteiger partial charge in [0.25, 0.3) is 0 Å². The third-order valence-corrected chi connectivity index (χ3v) is 4.69. The number of hydrogen-bond donors (Lipinski definition) is 1. The van der Waals surface area contributed by atoms with Crippen molar-refractivity contribution in [3.63, 3.8) is 0 Å². The molecule has 2 aromatic heterocycles. The number of amides is 2. The van der Waals surface area contributed by atoms with Crippen molar-refractivity contribution in [1.82, 2.24) is 25.0 Å². The first-order chi connectivity index (χ1) is 11.5. The van der Waals surface area contributed by atoms with Crippen molar-refractivity contribution in [1.29, 1.82) is 0 Å². The second-order valence-electron chi connectivity index (χ2n) is 6.76. The van der Waals surface area contributed by atoms with Crippen LogP contribution in [0.2, 0.25) is 0 Å². The predicted octanol–water partition coefficient (Wildman–Crippen LogP) is 2.96. The zero-order chi connectivity index (χ0) is 17.3. The smallest absolute Gasteiger partial charge is 0.318 e. The van der Waals surface area contributed by atoms with E-state index in [4.69, 9.17) is 4.42 Å². The molecule has 0 radical (unpaired) electrons. The molecule has 3 rings (SSSR count). The highest BCUT2D eigenvalue weighted by atomic mass is 16.3. The Kier molecular flexibility index (Phi) is 4.59.